The van der Waals surface area contributed by atoms with Gasteiger partial charge in [0.25, 0.3) is 5.91 Å². The minimum Gasteiger partial charge on any atom is -0.359 e. The Labute approximate surface area is 175 Å². The fourth-order valence-corrected chi connectivity index (χ4v) is 4.20. The van der Waals surface area contributed by atoms with Crippen molar-refractivity contribution >= 4 is 40.7 Å². The van der Waals surface area contributed by atoms with Crippen molar-refractivity contribution in [2.75, 3.05) is 19.5 Å². The summed E-state index contributed by atoms with van der Waals surface area (Å²) in [5.74, 6) is -2.15. The average molecular weight is 420 g/mol. The van der Waals surface area contributed by atoms with Crippen LogP contribution in [-0.2, 0) is 14.4 Å². The molecule has 2 unspecified atom stereocenters. The SMILES string of the molecule is CNC(=O)C1C(=NNc2ccc(Cl)cc2)C(=O)N(C2CCCCC2)C1C(=O)NC. The zero-order chi connectivity index (χ0) is 21.0. The number of carbonyl (C=O) groups is 3. The van der Waals surface area contributed by atoms with Gasteiger partial charge in [-0.1, -0.05) is 30.9 Å². The summed E-state index contributed by atoms with van der Waals surface area (Å²) >= 11 is 5.90. The standard InChI is InChI=1S/C20H26ClN5O3/c1-22-18(27)15-16(25-24-13-10-8-12(21)9-11-13)20(29)26(17(15)19(28)23-2)14-6-4-3-5-7-14/h8-11,14-15,17,24H,3-7H2,1-2H3,(H,22,27)(H,23,28). The van der Waals surface area contributed by atoms with Gasteiger partial charge < -0.3 is 15.5 Å². The van der Waals surface area contributed by atoms with Crippen molar-refractivity contribution in [2.45, 2.75) is 44.2 Å². The molecular formula is C20H26ClN5O3. The summed E-state index contributed by atoms with van der Waals surface area (Å²) in [4.78, 5) is 40.3. The van der Waals surface area contributed by atoms with E-state index in [1.807, 2.05) is 0 Å². The molecule has 1 aromatic carbocycles. The monoisotopic (exact) mass is 419 g/mol. The molecular weight excluding hydrogens is 394 g/mol. The van der Waals surface area contributed by atoms with Crippen molar-refractivity contribution in [2.24, 2.45) is 11.0 Å². The maximum Gasteiger partial charge on any atom is 0.271 e. The van der Waals surface area contributed by atoms with Gasteiger partial charge in [-0.2, -0.15) is 5.10 Å². The highest BCUT2D eigenvalue weighted by atomic mass is 35.5. The van der Waals surface area contributed by atoms with Crippen molar-refractivity contribution in [1.82, 2.24) is 15.5 Å². The zero-order valence-corrected chi connectivity index (χ0v) is 17.3. The molecule has 0 radical (unpaired) electrons. The van der Waals surface area contributed by atoms with E-state index in [-0.39, 0.29) is 23.6 Å². The molecule has 3 N–H and O–H groups in total. The molecule has 1 aliphatic carbocycles. The number of halogens is 1. The van der Waals surface area contributed by atoms with E-state index >= 15 is 0 Å². The summed E-state index contributed by atoms with van der Waals surface area (Å²) in [5, 5.41) is 10.0. The molecule has 1 heterocycles. The van der Waals surface area contributed by atoms with Gasteiger partial charge in [-0.25, -0.2) is 0 Å². The minimum atomic E-state index is -0.992. The number of carbonyl (C=O) groups excluding carboxylic acids is 3. The smallest absolute Gasteiger partial charge is 0.271 e. The molecule has 1 saturated heterocycles. The lowest BCUT2D eigenvalue weighted by molar-refractivity contribution is -0.139. The molecule has 0 bridgehead atoms. The normalized spacial score (nSPS) is 23.9. The van der Waals surface area contributed by atoms with Gasteiger partial charge in [-0.15, -0.1) is 0 Å². The molecule has 2 aliphatic rings. The van der Waals surface area contributed by atoms with E-state index in [1.165, 1.54) is 14.1 Å². The molecule has 1 aromatic rings. The Bertz CT molecular complexity index is 805. The lowest BCUT2D eigenvalue weighted by Gasteiger charge is -2.35. The van der Waals surface area contributed by atoms with Crippen molar-refractivity contribution in [3.05, 3.63) is 29.3 Å². The topological polar surface area (TPSA) is 103 Å². The quantitative estimate of drug-likeness (QED) is 0.632. The number of rotatable bonds is 5. The van der Waals surface area contributed by atoms with Gasteiger partial charge in [0.2, 0.25) is 11.8 Å². The van der Waals surface area contributed by atoms with Gasteiger partial charge >= 0.3 is 0 Å². The fourth-order valence-electron chi connectivity index (χ4n) is 4.07. The summed E-state index contributed by atoms with van der Waals surface area (Å²) in [6.07, 6.45) is 4.74. The molecule has 156 valence electrons. The second-order valence-electron chi connectivity index (χ2n) is 7.27. The third-order valence-corrected chi connectivity index (χ3v) is 5.78. The van der Waals surface area contributed by atoms with Gasteiger partial charge in [0.15, 0.2) is 0 Å². The van der Waals surface area contributed by atoms with E-state index in [2.05, 4.69) is 21.2 Å². The van der Waals surface area contributed by atoms with Crippen LogP contribution in [0.3, 0.4) is 0 Å². The number of hydrazone groups is 1. The van der Waals surface area contributed by atoms with E-state index < -0.39 is 17.9 Å². The number of benzene rings is 1. The highest BCUT2D eigenvalue weighted by molar-refractivity contribution is 6.46. The second kappa shape index (κ2) is 9.26. The van der Waals surface area contributed by atoms with Crippen LogP contribution in [0.5, 0.6) is 0 Å². The number of likely N-dealkylation sites (tertiary alicyclic amines) is 1. The molecule has 29 heavy (non-hydrogen) atoms. The highest BCUT2D eigenvalue weighted by Gasteiger charge is 2.54. The first-order valence-corrected chi connectivity index (χ1v) is 10.2. The van der Waals surface area contributed by atoms with E-state index in [0.717, 1.165) is 32.1 Å². The number of nitrogens with zero attached hydrogens (tertiary/aromatic N) is 2. The number of amides is 3. The van der Waals surface area contributed by atoms with Crippen molar-refractivity contribution in [1.29, 1.82) is 0 Å². The van der Waals surface area contributed by atoms with Crippen molar-refractivity contribution < 1.29 is 14.4 Å². The number of nitrogens with one attached hydrogen (secondary N) is 3. The molecule has 9 heteroatoms. The molecule has 1 aliphatic heterocycles. The first-order chi connectivity index (χ1) is 14.0. The first kappa shape index (κ1) is 21.1. The van der Waals surface area contributed by atoms with E-state index in [4.69, 9.17) is 11.6 Å². The molecule has 3 rings (SSSR count). The van der Waals surface area contributed by atoms with Crippen LogP contribution in [0.2, 0.25) is 5.02 Å². The molecule has 2 atom stereocenters. The van der Waals surface area contributed by atoms with E-state index in [1.54, 1.807) is 29.2 Å². The van der Waals surface area contributed by atoms with Crippen LogP contribution in [0, 0.1) is 5.92 Å². The van der Waals surface area contributed by atoms with Gasteiger partial charge in [0.05, 0.1) is 5.69 Å². The molecule has 0 aromatic heterocycles. The Morgan fingerprint density at radius 1 is 1.03 bits per heavy atom. The number of hydrogen-bond donors (Lipinski definition) is 3. The first-order valence-electron chi connectivity index (χ1n) is 9.83. The molecule has 2 fully saturated rings. The number of anilines is 1. The Morgan fingerprint density at radius 3 is 2.24 bits per heavy atom. The van der Waals surface area contributed by atoms with Crippen molar-refractivity contribution in [3.63, 3.8) is 0 Å². The van der Waals surface area contributed by atoms with Crippen LogP contribution in [0.4, 0.5) is 5.69 Å². The zero-order valence-electron chi connectivity index (χ0n) is 16.6. The maximum absolute atomic E-state index is 13.3. The summed E-state index contributed by atoms with van der Waals surface area (Å²) in [5.41, 5.74) is 3.49. The Balaban J connectivity index is 1.98. The van der Waals surface area contributed by atoms with Crippen LogP contribution < -0.4 is 16.1 Å². The molecule has 3 amide bonds. The molecule has 0 spiro atoms. The van der Waals surface area contributed by atoms with E-state index in [0.29, 0.717) is 10.7 Å². The van der Waals surface area contributed by atoms with E-state index in [9.17, 15) is 14.4 Å². The van der Waals surface area contributed by atoms with Crippen LogP contribution in [-0.4, -0.2) is 54.5 Å². The average Bonchev–Trinajstić information content (AvgIpc) is 3.05. The predicted octanol–water partition coefficient (Wildman–Crippen LogP) is 1.76. The molecule has 8 nitrogen and oxygen atoms in total. The summed E-state index contributed by atoms with van der Waals surface area (Å²) in [6, 6.07) is 5.83. The van der Waals surface area contributed by atoms with Gasteiger partial charge in [-0.3, -0.25) is 19.8 Å². The third-order valence-electron chi connectivity index (χ3n) is 5.53. The third kappa shape index (κ3) is 4.37. The van der Waals surface area contributed by atoms with Crippen LogP contribution >= 0.6 is 11.6 Å². The summed E-state index contributed by atoms with van der Waals surface area (Å²) in [6.45, 7) is 0. The van der Waals surface area contributed by atoms with Gasteiger partial charge in [-0.05, 0) is 37.1 Å². The highest BCUT2D eigenvalue weighted by Crippen LogP contribution is 2.33. The Kier molecular flexibility index (Phi) is 6.74. The largest absolute Gasteiger partial charge is 0.359 e. The van der Waals surface area contributed by atoms with Crippen LogP contribution in [0.25, 0.3) is 0 Å². The fraction of sp³-hybridized carbons (Fsp3) is 0.500. The second-order valence-corrected chi connectivity index (χ2v) is 7.71. The Morgan fingerprint density at radius 2 is 1.66 bits per heavy atom. The molecule has 1 saturated carbocycles. The lowest BCUT2D eigenvalue weighted by atomic mass is 9.92. The van der Waals surface area contributed by atoms with Crippen LogP contribution in [0.15, 0.2) is 29.4 Å². The van der Waals surface area contributed by atoms with Crippen LogP contribution in [0.1, 0.15) is 32.1 Å². The van der Waals surface area contributed by atoms with Gasteiger partial charge in [0.1, 0.15) is 17.7 Å². The lowest BCUT2D eigenvalue weighted by Crippen LogP contribution is -2.53. The van der Waals surface area contributed by atoms with Crippen molar-refractivity contribution in [3.8, 4) is 0 Å². The maximum atomic E-state index is 13.3. The summed E-state index contributed by atoms with van der Waals surface area (Å²) in [7, 11) is 3.00. The summed E-state index contributed by atoms with van der Waals surface area (Å²) < 4.78 is 0. The number of hydrogen-bond acceptors (Lipinski definition) is 5. The minimum absolute atomic E-state index is 0.0403. The Hall–Kier alpha value is -2.61. The predicted molar refractivity (Wildman–Crippen MR) is 112 cm³/mol. The van der Waals surface area contributed by atoms with Gasteiger partial charge in [0, 0.05) is 25.2 Å². The number of likely N-dealkylation sites (N-methyl/N-ethyl adjacent to an activating group) is 1.